The Kier molecular flexibility index (Phi) is 6.82. The van der Waals surface area contributed by atoms with Crippen LogP contribution in [0.4, 0.5) is 5.69 Å². The fraction of sp³-hybridized carbons (Fsp3) is 0.316. The third-order valence-corrected chi connectivity index (χ3v) is 3.61. The molecule has 0 bridgehead atoms. The van der Waals surface area contributed by atoms with E-state index in [4.69, 9.17) is 24.7 Å². The van der Waals surface area contributed by atoms with Gasteiger partial charge in [0.25, 0.3) is 0 Å². The monoisotopic (exact) mass is 361 g/mol. The number of anilines is 1. The van der Waals surface area contributed by atoms with Crippen molar-refractivity contribution in [1.29, 1.82) is 0 Å². The summed E-state index contributed by atoms with van der Waals surface area (Å²) in [5, 5.41) is 9.43. The highest BCUT2D eigenvalue weighted by atomic mass is 16.7. The summed E-state index contributed by atoms with van der Waals surface area (Å²) < 4.78 is 21.3. The average Bonchev–Trinajstić information content (AvgIpc) is 2.58. The van der Waals surface area contributed by atoms with E-state index >= 15 is 0 Å². The molecule has 0 aliphatic rings. The molecule has 2 aromatic carbocycles. The first-order chi connectivity index (χ1) is 12.4. The van der Waals surface area contributed by atoms with Crippen molar-refractivity contribution in [2.45, 2.75) is 13.8 Å². The van der Waals surface area contributed by atoms with Gasteiger partial charge >= 0.3 is 5.97 Å². The Morgan fingerprint density at radius 3 is 2.42 bits per heavy atom. The van der Waals surface area contributed by atoms with Crippen LogP contribution >= 0.6 is 0 Å². The molecule has 0 aromatic heterocycles. The summed E-state index contributed by atoms with van der Waals surface area (Å²) in [6, 6.07) is 8.21. The number of aryl methyl sites for hydroxylation is 2. The van der Waals surface area contributed by atoms with Gasteiger partial charge in [-0.1, -0.05) is 0 Å². The minimum Gasteiger partial charge on any atom is -0.478 e. The summed E-state index contributed by atoms with van der Waals surface area (Å²) in [5.41, 5.74) is 8.18. The molecule has 140 valence electrons. The van der Waals surface area contributed by atoms with Gasteiger partial charge in [0.05, 0.1) is 13.2 Å². The summed E-state index contributed by atoms with van der Waals surface area (Å²) in [4.78, 5) is 11.5. The van der Waals surface area contributed by atoms with Gasteiger partial charge in [-0.05, 0) is 55.3 Å². The number of benzene rings is 2. The summed E-state index contributed by atoms with van der Waals surface area (Å²) in [6.07, 6.45) is 0. The van der Waals surface area contributed by atoms with Gasteiger partial charge in [0.2, 0.25) is 0 Å². The fourth-order valence-corrected chi connectivity index (χ4v) is 2.43. The first-order valence-corrected chi connectivity index (χ1v) is 8.03. The summed E-state index contributed by atoms with van der Waals surface area (Å²) in [5.74, 6) is 0.124. The van der Waals surface area contributed by atoms with E-state index in [0.717, 1.165) is 11.1 Å². The first kappa shape index (κ1) is 19.6. The Hall–Kier alpha value is -2.77. The molecule has 0 atom stereocenters. The molecule has 3 N–H and O–H groups in total. The molecule has 0 unspecified atom stereocenters. The lowest BCUT2D eigenvalue weighted by Crippen LogP contribution is -2.10. The van der Waals surface area contributed by atoms with E-state index in [2.05, 4.69) is 0 Å². The highest BCUT2D eigenvalue weighted by Crippen LogP contribution is 2.33. The Morgan fingerprint density at radius 2 is 1.81 bits per heavy atom. The Morgan fingerprint density at radius 1 is 1.12 bits per heavy atom. The molecule has 0 heterocycles. The molecule has 26 heavy (non-hydrogen) atoms. The quantitative estimate of drug-likeness (QED) is 0.401. The summed E-state index contributed by atoms with van der Waals surface area (Å²) in [7, 11) is 1.57. The zero-order valence-electron chi connectivity index (χ0n) is 15.1. The third-order valence-electron chi connectivity index (χ3n) is 3.61. The molecule has 0 amide bonds. The Balaban J connectivity index is 2.16. The average molecular weight is 361 g/mol. The number of nitrogen functional groups attached to an aromatic ring is 1. The zero-order chi connectivity index (χ0) is 19.1. The van der Waals surface area contributed by atoms with Gasteiger partial charge in [-0.25, -0.2) is 4.79 Å². The van der Waals surface area contributed by atoms with Crippen LogP contribution in [0.5, 0.6) is 17.2 Å². The topological polar surface area (TPSA) is 100 Å². The number of nitrogens with two attached hydrogens (primary N) is 1. The van der Waals surface area contributed by atoms with E-state index < -0.39 is 5.97 Å². The predicted octanol–water partition coefficient (Wildman–Crippen LogP) is 3.38. The molecular weight excluding hydrogens is 338 g/mol. The number of methoxy groups -OCH3 is 1. The largest absolute Gasteiger partial charge is 0.478 e. The lowest BCUT2D eigenvalue weighted by atomic mass is 10.1. The number of carboxylic acids is 1. The Bertz CT molecular complexity index is 752. The van der Waals surface area contributed by atoms with Crippen LogP contribution in [-0.2, 0) is 9.47 Å². The third kappa shape index (κ3) is 5.11. The van der Waals surface area contributed by atoms with E-state index in [1.54, 1.807) is 31.4 Å². The van der Waals surface area contributed by atoms with Crippen LogP contribution in [0.2, 0.25) is 0 Å². The molecular formula is C19H23NO6. The van der Waals surface area contributed by atoms with Crippen LogP contribution in [-0.4, -0.2) is 38.2 Å². The number of hydrogen-bond donors (Lipinski definition) is 2. The molecule has 0 saturated carbocycles. The van der Waals surface area contributed by atoms with Gasteiger partial charge in [0, 0.05) is 12.8 Å². The van der Waals surface area contributed by atoms with Crippen molar-refractivity contribution in [2.24, 2.45) is 0 Å². The van der Waals surface area contributed by atoms with Crippen molar-refractivity contribution in [2.75, 3.05) is 32.9 Å². The van der Waals surface area contributed by atoms with Crippen LogP contribution in [0.25, 0.3) is 0 Å². The maximum Gasteiger partial charge on any atom is 0.339 e. The molecule has 0 spiro atoms. The highest BCUT2D eigenvalue weighted by molar-refractivity contribution is 5.91. The predicted molar refractivity (Wildman–Crippen MR) is 97.1 cm³/mol. The molecule has 2 aromatic rings. The number of ether oxygens (including phenoxy) is 4. The number of rotatable bonds is 9. The second-order valence-corrected chi connectivity index (χ2v) is 5.71. The van der Waals surface area contributed by atoms with Gasteiger partial charge in [0.1, 0.15) is 22.8 Å². The van der Waals surface area contributed by atoms with Gasteiger partial charge in [-0.15, -0.1) is 0 Å². The number of aromatic carboxylic acids is 1. The van der Waals surface area contributed by atoms with Crippen LogP contribution < -0.4 is 15.2 Å². The molecule has 0 saturated heterocycles. The van der Waals surface area contributed by atoms with E-state index in [0.29, 0.717) is 30.4 Å². The second-order valence-electron chi connectivity index (χ2n) is 5.71. The fourth-order valence-electron chi connectivity index (χ4n) is 2.43. The van der Waals surface area contributed by atoms with Crippen LogP contribution in [0.3, 0.4) is 0 Å². The van der Waals surface area contributed by atoms with Gasteiger partial charge < -0.3 is 29.8 Å². The molecule has 0 radical (unpaired) electrons. The molecule has 0 fully saturated rings. The summed E-state index contributed by atoms with van der Waals surface area (Å²) >= 11 is 0. The minimum atomic E-state index is -1.12. The van der Waals surface area contributed by atoms with Gasteiger partial charge in [-0.2, -0.15) is 0 Å². The van der Waals surface area contributed by atoms with E-state index in [1.807, 2.05) is 13.8 Å². The van der Waals surface area contributed by atoms with Crippen LogP contribution in [0, 0.1) is 13.8 Å². The van der Waals surface area contributed by atoms with Gasteiger partial charge in [-0.3, -0.25) is 0 Å². The maximum absolute atomic E-state index is 11.5. The molecule has 7 nitrogen and oxygen atoms in total. The number of carboxylic acid groups (broad SMARTS) is 1. The highest BCUT2D eigenvalue weighted by Gasteiger charge is 2.15. The molecule has 0 aliphatic carbocycles. The second kappa shape index (κ2) is 9.07. The minimum absolute atomic E-state index is 0.0106. The van der Waals surface area contributed by atoms with Crippen molar-refractivity contribution in [3.8, 4) is 17.2 Å². The smallest absolute Gasteiger partial charge is 0.339 e. The van der Waals surface area contributed by atoms with Crippen LogP contribution in [0.1, 0.15) is 21.5 Å². The van der Waals surface area contributed by atoms with Crippen LogP contribution in [0.15, 0.2) is 30.3 Å². The lowest BCUT2D eigenvalue weighted by Gasteiger charge is -2.15. The van der Waals surface area contributed by atoms with E-state index in [1.165, 1.54) is 6.07 Å². The summed E-state index contributed by atoms with van der Waals surface area (Å²) in [6.45, 7) is 4.48. The van der Waals surface area contributed by atoms with Gasteiger partial charge in [0.15, 0.2) is 6.79 Å². The van der Waals surface area contributed by atoms with Crippen molar-refractivity contribution in [1.82, 2.24) is 0 Å². The molecule has 2 rings (SSSR count). The maximum atomic E-state index is 11.5. The Labute approximate surface area is 152 Å². The van der Waals surface area contributed by atoms with Crippen molar-refractivity contribution >= 4 is 11.7 Å². The van der Waals surface area contributed by atoms with Crippen molar-refractivity contribution in [3.63, 3.8) is 0 Å². The molecule has 0 aliphatic heterocycles. The van der Waals surface area contributed by atoms with E-state index in [-0.39, 0.29) is 18.1 Å². The lowest BCUT2D eigenvalue weighted by molar-refractivity contribution is -0.00898. The standard InChI is InChI=1S/C19H23NO6/c1-12-8-14(20)9-13(2)18(12)26-15-4-5-17(16(10-15)19(21)22)25-11-24-7-6-23-3/h4-5,8-10H,6-7,11,20H2,1-3H3,(H,21,22). The van der Waals surface area contributed by atoms with E-state index in [9.17, 15) is 9.90 Å². The SMILES string of the molecule is COCCOCOc1ccc(Oc2c(C)cc(N)cc2C)cc1C(=O)O. The number of carbonyl (C=O) groups is 1. The zero-order valence-corrected chi connectivity index (χ0v) is 15.1. The molecule has 7 heteroatoms. The number of hydrogen-bond acceptors (Lipinski definition) is 6. The normalized spacial score (nSPS) is 10.6. The first-order valence-electron chi connectivity index (χ1n) is 8.03. The van der Waals surface area contributed by atoms with Crippen molar-refractivity contribution < 1.29 is 28.8 Å². The van der Waals surface area contributed by atoms with Crippen molar-refractivity contribution in [3.05, 3.63) is 47.0 Å².